The molecular weight excluding hydrogens is 392 g/mol. The van der Waals surface area contributed by atoms with E-state index in [2.05, 4.69) is 11.1 Å². The zero-order valence-corrected chi connectivity index (χ0v) is 17.5. The van der Waals surface area contributed by atoms with Gasteiger partial charge in [0, 0.05) is 22.8 Å². The Morgan fingerprint density at radius 2 is 1.89 bits per heavy atom. The van der Waals surface area contributed by atoms with Crippen LogP contribution in [0.1, 0.15) is 15.4 Å². The number of thiazole rings is 1. The number of hydrogen-bond donors (Lipinski definition) is 0. The highest BCUT2D eigenvalue weighted by molar-refractivity contribution is 7.99. The van der Waals surface area contributed by atoms with Gasteiger partial charge in [-0.25, -0.2) is 4.98 Å². The average molecular weight is 413 g/mol. The Morgan fingerprint density at radius 3 is 2.68 bits per heavy atom. The van der Waals surface area contributed by atoms with Crippen molar-refractivity contribution in [3.05, 3.63) is 53.0 Å². The van der Waals surface area contributed by atoms with Gasteiger partial charge in [-0.2, -0.15) is 0 Å². The molecule has 2 heterocycles. The molecule has 144 valence electrons. The van der Waals surface area contributed by atoms with Crippen LogP contribution in [0.3, 0.4) is 0 Å². The van der Waals surface area contributed by atoms with Gasteiger partial charge in [-0.1, -0.05) is 12.1 Å². The number of carbonyl (C=O) groups is 1. The van der Waals surface area contributed by atoms with Crippen LogP contribution >= 0.6 is 23.1 Å². The molecule has 1 aliphatic heterocycles. The summed E-state index contributed by atoms with van der Waals surface area (Å²) in [5.74, 6) is 2.21. The van der Waals surface area contributed by atoms with E-state index in [-0.39, 0.29) is 5.91 Å². The van der Waals surface area contributed by atoms with Gasteiger partial charge < -0.3 is 14.4 Å². The third-order valence-corrected chi connectivity index (χ3v) is 6.83. The van der Waals surface area contributed by atoms with Gasteiger partial charge in [-0.05, 0) is 37.3 Å². The minimum Gasteiger partial charge on any atom is -0.493 e. The highest BCUT2D eigenvalue weighted by Gasteiger charge is 2.27. The summed E-state index contributed by atoms with van der Waals surface area (Å²) in [6, 6.07) is 13.7. The number of para-hydroxylation sites is 1. The number of methoxy groups -OCH3 is 2. The van der Waals surface area contributed by atoms with Crippen LogP contribution < -0.4 is 14.4 Å². The van der Waals surface area contributed by atoms with Gasteiger partial charge in [-0.15, -0.1) is 23.1 Å². The highest BCUT2D eigenvalue weighted by Crippen LogP contribution is 2.38. The fourth-order valence-electron chi connectivity index (χ4n) is 3.19. The number of benzene rings is 2. The lowest BCUT2D eigenvalue weighted by Crippen LogP contribution is -2.35. The number of anilines is 1. The van der Waals surface area contributed by atoms with E-state index in [4.69, 9.17) is 9.47 Å². The first-order valence-corrected chi connectivity index (χ1v) is 10.7. The number of nitrogens with zero attached hydrogens (tertiary/aromatic N) is 2. The largest absolute Gasteiger partial charge is 0.493 e. The quantitative estimate of drug-likeness (QED) is 0.611. The molecule has 0 aliphatic carbocycles. The second-order valence-electron chi connectivity index (χ2n) is 6.28. The first kappa shape index (κ1) is 18.8. The van der Waals surface area contributed by atoms with Crippen LogP contribution in [0.5, 0.6) is 11.5 Å². The molecule has 0 radical (unpaired) electrons. The summed E-state index contributed by atoms with van der Waals surface area (Å²) < 4.78 is 10.7. The lowest BCUT2D eigenvalue weighted by molar-refractivity contribution is 0.0991. The maximum absolute atomic E-state index is 13.3. The molecule has 0 bridgehead atoms. The van der Waals surface area contributed by atoms with Crippen LogP contribution in [-0.4, -0.2) is 37.4 Å². The van der Waals surface area contributed by atoms with E-state index in [0.717, 1.165) is 32.6 Å². The Morgan fingerprint density at radius 1 is 1.11 bits per heavy atom. The average Bonchev–Trinajstić information content (AvgIpc) is 3.13. The van der Waals surface area contributed by atoms with Crippen molar-refractivity contribution in [2.75, 3.05) is 31.4 Å². The fourth-order valence-corrected chi connectivity index (χ4v) is 5.20. The van der Waals surface area contributed by atoms with Crippen molar-refractivity contribution < 1.29 is 14.3 Å². The Kier molecular flexibility index (Phi) is 5.28. The first-order chi connectivity index (χ1) is 13.6. The monoisotopic (exact) mass is 412 g/mol. The van der Waals surface area contributed by atoms with Crippen molar-refractivity contribution in [2.45, 2.75) is 11.8 Å². The summed E-state index contributed by atoms with van der Waals surface area (Å²) in [6.45, 7) is 2.59. The Labute approximate surface area is 172 Å². The van der Waals surface area contributed by atoms with Crippen molar-refractivity contribution >= 4 is 34.7 Å². The number of aromatic nitrogens is 1. The molecule has 2 aromatic carbocycles. The number of hydrogen-bond acceptors (Lipinski definition) is 6. The summed E-state index contributed by atoms with van der Waals surface area (Å²) in [5.41, 5.74) is 2.62. The SMILES string of the molecule is COc1ccc(-c2nc(C)c(C(=O)N3CCSc4ccccc43)s2)cc1OC. The van der Waals surface area contributed by atoms with E-state index in [9.17, 15) is 4.79 Å². The third-order valence-electron chi connectivity index (χ3n) is 4.59. The van der Waals surface area contributed by atoms with Crippen LogP contribution in [0.2, 0.25) is 0 Å². The predicted molar refractivity (Wildman–Crippen MR) is 114 cm³/mol. The molecule has 1 aliphatic rings. The molecule has 0 saturated carbocycles. The van der Waals surface area contributed by atoms with Crippen LogP contribution in [0.25, 0.3) is 10.6 Å². The fraction of sp³-hybridized carbons (Fsp3) is 0.238. The number of aryl methyl sites for hydroxylation is 1. The van der Waals surface area contributed by atoms with Crippen molar-refractivity contribution in [3.8, 4) is 22.1 Å². The third kappa shape index (κ3) is 3.36. The van der Waals surface area contributed by atoms with E-state index < -0.39 is 0 Å². The molecule has 0 fully saturated rings. The second-order valence-corrected chi connectivity index (χ2v) is 8.41. The summed E-state index contributed by atoms with van der Waals surface area (Å²) >= 11 is 3.20. The van der Waals surface area contributed by atoms with Crippen molar-refractivity contribution in [1.29, 1.82) is 0 Å². The van der Waals surface area contributed by atoms with E-state index in [1.807, 2.05) is 48.2 Å². The molecule has 1 amide bonds. The predicted octanol–water partition coefficient (Wildman–Crippen LogP) is 4.89. The topological polar surface area (TPSA) is 51.7 Å². The van der Waals surface area contributed by atoms with Gasteiger partial charge in [0.05, 0.1) is 25.6 Å². The Bertz CT molecular complexity index is 1030. The minimum atomic E-state index is 0.00877. The molecule has 0 unspecified atom stereocenters. The number of fused-ring (bicyclic) bond motifs is 1. The van der Waals surface area contributed by atoms with Crippen molar-refractivity contribution in [1.82, 2.24) is 4.98 Å². The van der Waals surface area contributed by atoms with Gasteiger partial charge >= 0.3 is 0 Å². The number of ether oxygens (including phenoxy) is 2. The maximum atomic E-state index is 13.3. The molecular formula is C21H20N2O3S2. The molecule has 0 N–H and O–H groups in total. The Balaban J connectivity index is 1.68. The van der Waals surface area contributed by atoms with Crippen LogP contribution in [-0.2, 0) is 0 Å². The molecule has 7 heteroatoms. The zero-order valence-electron chi connectivity index (χ0n) is 15.9. The zero-order chi connectivity index (χ0) is 19.7. The first-order valence-electron chi connectivity index (χ1n) is 8.86. The molecule has 0 saturated heterocycles. The van der Waals surface area contributed by atoms with Gasteiger partial charge in [0.2, 0.25) is 0 Å². The molecule has 0 spiro atoms. The van der Waals surface area contributed by atoms with E-state index in [0.29, 0.717) is 22.9 Å². The molecule has 28 heavy (non-hydrogen) atoms. The molecule has 4 rings (SSSR count). The molecule has 1 aromatic heterocycles. The van der Waals surface area contributed by atoms with Gasteiger partial charge in [0.25, 0.3) is 5.91 Å². The maximum Gasteiger partial charge on any atom is 0.270 e. The van der Waals surface area contributed by atoms with Crippen molar-refractivity contribution in [2.24, 2.45) is 0 Å². The standard InChI is InChI=1S/C21H20N2O3S2/c1-13-19(21(24)23-10-11-27-18-7-5-4-6-15(18)23)28-20(22-13)14-8-9-16(25-2)17(12-14)26-3/h4-9,12H,10-11H2,1-3H3. The lowest BCUT2D eigenvalue weighted by atomic mass is 10.2. The molecule has 0 atom stereocenters. The van der Waals surface area contributed by atoms with Crippen LogP contribution in [0, 0.1) is 6.92 Å². The van der Waals surface area contributed by atoms with Gasteiger partial charge in [0.1, 0.15) is 9.88 Å². The number of amides is 1. The second kappa shape index (κ2) is 7.85. The van der Waals surface area contributed by atoms with Crippen LogP contribution in [0.4, 0.5) is 5.69 Å². The highest BCUT2D eigenvalue weighted by atomic mass is 32.2. The molecule has 5 nitrogen and oxygen atoms in total. The Hall–Kier alpha value is -2.51. The normalized spacial score (nSPS) is 13.2. The summed E-state index contributed by atoms with van der Waals surface area (Å²) in [6.07, 6.45) is 0. The van der Waals surface area contributed by atoms with Gasteiger partial charge in [0.15, 0.2) is 11.5 Å². The van der Waals surface area contributed by atoms with Gasteiger partial charge in [-0.3, -0.25) is 4.79 Å². The van der Waals surface area contributed by atoms with Crippen molar-refractivity contribution in [3.63, 3.8) is 0 Å². The number of carbonyl (C=O) groups excluding carboxylic acids is 1. The van der Waals surface area contributed by atoms with E-state index in [1.165, 1.54) is 11.3 Å². The smallest absolute Gasteiger partial charge is 0.270 e. The number of rotatable bonds is 4. The summed E-state index contributed by atoms with van der Waals surface area (Å²) in [5, 5.41) is 0.793. The minimum absolute atomic E-state index is 0.00877. The van der Waals surface area contributed by atoms with Crippen LogP contribution in [0.15, 0.2) is 47.4 Å². The summed E-state index contributed by atoms with van der Waals surface area (Å²) in [7, 11) is 3.21. The molecule has 3 aromatic rings. The lowest BCUT2D eigenvalue weighted by Gasteiger charge is -2.28. The van der Waals surface area contributed by atoms with E-state index in [1.54, 1.807) is 26.0 Å². The number of thioether (sulfide) groups is 1. The van der Waals surface area contributed by atoms with E-state index >= 15 is 0 Å². The summed E-state index contributed by atoms with van der Waals surface area (Å²) in [4.78, 5) is 21.6.